The zero-order chi connectivity index (χ0) is 58.0. The Morgan fingerprint density at radius 1 is 0.155 bits per heavy atom. The van der Waals surface area contributed by atoms with Crippen LogP contribution >= 0.6 is 31.7 Å². The van der Waals surface area contributed by atoms with Gasteiger partial charge in [-0.25, -0.2) is 0 Å². The third-order valence-electron chi connectivity index (χ3n) is 13.4. The van der Waals surface area contributed by atoms with Crippen molar-refractivity contribution in [1.29, 1.82) is 0 Å². The van der Waals surface area contributed by atoms with Crippen molar-refractivity contribution in [1.82, 2.24) is 0 Å². The summed E-state index contributed by atoms with van der Waals surface area (Å²) in [5.41, 5.74) is 0. The lowest BCUT2D eigenvalue weighted by molar-refractivity contribution is 0.418. The van der Waals surface area contributed by atoms with Gasteiger partial charge in [-0.1, -0.05) is 315 Å². The van der Waals surface area contributed by atoms with Gasteiger partial charge < -0.3 is 18.9 Å². The maximum Gasteiger partial charge on any atom is 0.127 e. The summed E-state index contributed by atoms with van der Waals surface area (Å²) in [6, 6.07) is 119. The quantitative estimate of drug-likeness (QED) is 0.0904. The Bertz CT molecular complexity index is 3130. The molecule has 0 unspecified atom stereocenters. The van der Waals surface area contributed by atoms with Crippen LogP contribution in [0.25, 0.3) is 0 Å². The van der Waals surface area contributed by atoms with Crippen molar-refractivity contribution >= 4 is 95.3 Å². The molecule has 4 nitrogen and oxygen atoms in total. The minimum absolute atomic E-state index is 0.598. The highest BCUT2D eigenvalue weighted by Gasteiger charge is 2.23. The molecule has 0 aromatic heterocycles. The van der Waals surface area contributed by atoms with Crippen LogP contribution < -0.4 is 82.6 Å². The normalized spacial score (nSPS) is 10.6. The van der Waals surface area contributed by atoms with Gasteiger partial charge in [0.25, 0.3) is 0 Å². The maximum atomic E-state index is 5.59. The van der Waals surface area contributed by atoms with E-state index in [0.717, 1.165) is 23.0 Å². The van der Waals surface area contributed by atoms with Crippen LogP contribution in [0.1, 0.15) is 0 Å². The van der Waals surface area contributed by atoms with E-state index in [2.05, 4.69) is 291 Å². The largest absolute Gasteiger partial charge is 0.496 e. The fraction of sp³-hybridized carbons (Fsp3) is 0.0526. The fourth-order valence-corrected chi connectivity index (χ4v) is 19.2. The third kappa shape index (κ3) is 16.0. The predicted octanol–water partition coefficient (Wildman–Crippen LogP) is 13.8. The first-order chi connectivity index (χ1) is 41.6. The Kier molecular flexibility index (Phi) is 23.2. The van der Waals surface area contributed by atoms with Gasteiger partial charge in [-0.2, -0.15) is 0 Å². The zero-order valence-corrected chi connectivity index (χ0v) is 51.3. The van der Waals surface area contributed by atoms with Gasteiger partial charge in [0.2, 0.25) is 0 Å². The summed E-state index contributed by atoms with van der Waals surface area (Å²) in [4.78, 5) is 0. The molecule has 0 radical (unpaired) electrons. The molecular weight excluding hydrogens is 1100 g/mol. The van der Waals surface area contributed by atoms with Crippen molar-refractivity contribution in [3.63, 3.8) is 0 Å². The van der Waals surface area contributed by atoms with Crippen molar-refractivity contribution in [2.75, 3.05) is 28.4 Å². The Balaban J connectivity index is 0.000000134. The summed E-state index contributed by atoms with van der Waals surface area (Å²) < 4.78 is 22.3. The third-order valence-corrected chi connectivity index (χ3v) is 23.3. The van der Waals surface area contributed by atoms with E-state index in [1.807, 2.05) is 48.5 Å². The Labute approximate surface area is 502 Å². The lowest BCUT2D eigenvalue weighted by Crippen LogP contribution is -2.21. The molecule has 0 aliphatic carbocycles. The molecule has 0 amide bonds. The highest BCUT2D eigenvalue weighted by Crippen LogP contribution is 2.39. The molecule has 0 saturated heterocycles. The first-order valence-corrected chi connectivity index (χ1v) is 33.1. The van der Waals surface area contributed by atoms with E-state index in [-0.39, 0.29) is 0 Å². The van der Waals surface area contributed by atoms with Gasteiger partial charge in [-0.05, 0) is 98.4 Å². The summed E-state index contributed by atoms with van der Waals surface area (Å²) >= 11 is 0. The highest BCUT2D eigenvalue weighted by atomic mass is 31.1. The molecule has 0 atom stereocenters. The average Bonchev–Trinajstić information content (AvgIpc) is 3.35. The number of methoxy groups -OCH3 is 4. The molecule has 0 spiro atoms. The number of benzene rings is 12. The van der Waals surface area contributed by atoms with Gasteiger partial charge >= 0.3 is 0 Å². The monoisotopic (exact) mass is 1170 g/mol. The summed E-state index contributed by atoms with van der Waals surface area (Å²) in [5, 5.41) is 15.7. The zero-order valence-electron chi connectivity index (χ0n) is 47.8. The van der Waals surface area contributed by atoms with Crippen molar-refractivity contribution in [3.05, 3.63) is 340 Å². The molecule has 12 rings (SSSR count). The van der Waals surface area contributed by atoms with Gasteiger partial charge in [0.05, 0.1) is 28.4 Å². The van der Waals surface area contributed by atoms with Crippen molar-refractivity contribution < 1.29 is 18.9 Å². The van der Waals surface area contributed by atoms with E-state index in [1.165, 1.54) is 63.7 Å². The van der Waals surface area contributed by atoms with E-state index < -0.39 is 31.7 Å². The molecule has 0 aliphatic heterocycles. The predicted molar refractivity (Wildman–Crippen MR) is 367 cm³/mol. The van der Waals surface area contributed by atoms with Crippen LogP contribution in [0, 0.1) is 0 Å². The molecule has 0 fully saturated rings. The molecule has 0 heterocycles. The van der Waals surface area contributed by atoms with Gasteiger partial charge in [0, 0.05) is 21.2 Å². The molecule has 0 saturated carbocycles. The van der Waals surface area contributed by atoms with Crippen molar-refractivity contribution in [3.8, 4) is 23.0 Å². The summed E-state index contributed by atoms with van der Waals surface area (Å²) in [6.07, 6.45) is 0. The molecule has 12 aromatic rings. The molecule has 0 aliphatic rings. The molecule has 84 heavy (non-hydrogen) atoms. The topological polar surface area (TPSA) is 36.9 Å². The van der Waals surface area contributed by atoms with E-state index in [4.69, 9.17) is 18.9 Å². The van der Waals surface area contributed by atoms with E-state index in [9.17, 15) is 0 Å². The number of rotatable bonds is 16. The van der Waals surface area contributed by atoms with Crippen molar-refractivity contribution in [2.45, 2.75) is 0 Å². The number of ether oxygens (including phenoxy) is 4. The van der Waals surface area contributed by atoms with Crippen LogP contribution in [0.2, 0.25) is 0 Å². The second-order valence-electron chi connectivity index (χ2n) is 18.7. The van der Waals surface area contributed by atoms with Crippen LogP contribution in [0.15, 0.2) is 340 Å². The average molecular weight is 1170 g/mol. The number of para-hydroxylation sites is 4. The number of hydrogen-bond donors (Lipinski definition) is 0. The van der Waals surface area contributed by atoms with Gasteiger partial charge in [0.15, 0.2) is 0 Å². The lowest BCUT2D eigenvalue weighted by atomic mass is 10.3. The first-order valence-electron chi connectivity index (χ1n) is 27.7. The SMILES string of the molecule is COc1ccccc1P(c1ccccc1)c1ccccc1.COc1ccccc1P(c1ccccc1)c1ccccc1.COc1ccccc1P(c1ccccc1)c1ccccc1.COc1ccccc1P(c1ccccc1)c1ccccc1. The van der Waals surface area contributed by atoms with E-state index in [1.54, 1.807) is 28.4 Å². The minimum atomic E-state index is -0.598. The Morgan fingerprint density at radius 2 is 0.274 bits per heavy atom. The summed E-state index contributed by atoms with van der Waals surface area (Å²) in [5.74, 6) is 3.82. The molecule has 416 valence electrons. The smallest absolute Gasteiger partial charge is 0.127 e. The van der Waals surface area contributed by atoms with Crippen LogP contribution in [-0.4, -0.2) is 28.4 Å². The number of hydrogen-bond acceptors (Lipinski definition) is 4. The van der Waals surface area contributed by atoms with E-state index in [0.29, 0.717) is 0 Å². The van der Waals surface area contributed by atoms with Gasteiger partial charge in [0.1, 0.15) is 23.0 Å². The highest BCUT2D eigenvalue weighted by molar-refractivity contribution is 7.81. The van der Waals surface area contributed by atoms with Crippen LogP contribution in [0.3, 0.4) is 0 Å². The minimum Gasteiger partial charge on any atom is -0.496 e. The first kappa shape index (κ1) is 60.2. The van der Waals surface area contributed by atoms with Gasteiger partial charge in [-0.15, -0.1) is 0 Å². The summed E-state index contributed by atoms with van der Waals surface area (Å²) in [7, 11) is 4.56. The van der Waals surface area contributed by atoms with Crippen molar-refractivity contribution in [2.24, 2.45) is 0 Å². The molecule has 12 aromatic carbocycles. The maximum absolute atomic E-state index is 5.59. The molecule has 0 bridgehead atoms. The lowest BCUT2D eigenvalue weighted by Gasteiger charge is -2.21. The second kappa shape index (κ2) is 32.4. The molecule has 8 heteroatoms. The summed E-state index contributed by atoms with van der Waals surface area (Å²) in [6.45, 7) is 0. The Hall–Kier alpha value is -8.44. The van der Waals surface area contributed by atoms with E-state index >= 15 is 0 Å². The fourth-order valence-electron chi connectivity index (χ4n) is 9.58. The molecular formula is C76H68O4P4. The van der Waals surface area contributed by atoms with Gasteiger partial charge in [-0.3, -0.25) is 0 Å². The standard InChI is InChI=1S/4C19H17OP/c4*1-20-18-14-8-9-15-19(18)21(16-10-4-2-5-11-16)17-12-6-3-7-13-17/h4*2-15H,1H3. The Morgan fingerprint density at radius 3 is 0.405 bits per heavy atom. The van der Waals surface area contributed by atoms with Crippen LogP contribution in [-0.2, 0) is 0 Å². The van der Waals surface area contributed by atoms with Crippen LogP contribution in [0.4, 0.5) is 0 Å². The van der Waals surface area contributed by atoms with Crippen LogP contribution in [0.5, 0.6) is 23.0 Å². The second-order valence-corrected chi connectivity index (χ2v) is 27.5. The molecule has 0 N–H and O–H groups in total.